The summed E-state index contributed by atoms with van der Waals surface area (Å²) in [5.74, 6) is 0.606. The highest BCUT2D eigenvalue weighted by molar-refractivity contribution is 6.30. The fourth-order valence-electron chi connectivity index (χ4n) is 5.36. The molecule has 1 aromatic carbocycles. The minimum absolute atomic E-state index is 0.0148. The topological polar surface area (TPSA) is 45.7 Å². The van der Waals surface area contributed by atoms with E-state index in [0.29, 0.717) is 32.2 Å². The standard InChI is InChI=1S/C26H31ClFN3O2/c27-21-6-4-20(5-7-21)17-33-24-12-26(25(32)31(16-24)14-19-2-3-19)10-1-11-30(18-26)15-23-9-8-22(28)13-29-23/h4-9,13,19,24H,1-3,10-12,14-18H2/t24-,26+/m0/s1. The van der Waals surface area contributed by atoms with Crippen LogP contribution >= 0.6 is 11.6 Å². The second-order valence-corrected chi connectivity index (χ2v) is 10.4. The Labute approximate surface area is 199 Å². The first kappa shape index (κ1) is 22.8. The maximum absolute atomic E-state index is 13.7. The summed E-state index contributed by atoms with van der Waals surface area (Å²) in [4.78, 5) is 22.3. The van der Waals surface area contributed by atoms with Crippen molar-refractivity contribution in [2.45, 2.75) is 51.4 Å². The molecular formula is C26H31ClFN3O2. The highest BCUT2D eigenvalue weighted by Gasteiger charge is 2.50. The molecule has 7 heteroatoms. The number of hydrogen-bond donors (Lipinski definition) is 0. The van der Waals surface area contributed by atoms with Gasteiger partial charge in [-0.1, -0.05) is 23.7 Å². The number of hydrogen-bond acceptors (Lipinski definition) is 4. The Balaban J connectivity index is 1.30. The van der Waals surface area contributed by atoms with E-state index in [2.05, 4.69) is 14.8 Å². The highest BCUT2D eigenvalue weighted by Crippen LogP contribution is 2.42. The van der Waals surface area contributed by atoms with E-state index < -0.39 is 5.41 Å². The van der Waals surface area contributed by atoms with Crippen molar-refractivity contribution in [1.29, 1.82) is 0 Å². The number of ether oxygens (including phenoxy) is 1. The van der Waals surface area contributed by atoms with Crippen LogP contribution in [0.1, 0.15) is 43.4 Å². The number of piperidine rings is 2. The summed E-state index contributed by atoms with van der Waals surface area (Å²) in [6, 6.07) is 10.9. The minimum Gasteiger partial charge on any atom is -0.372 e. The first-order valence-corrected chi connectivity index (χ1v) is 12.4. The molecule has 3 fully saturated rings. The summed E-state index contributed by atoms with van der Waals surface area (Å²) >= 11 is 6.01. The Morgan fingerprint density at radius 2 is 2.00 bits per heavy atom. The minimum atomic E-state index is -0.421. The number of benzene rings is 1. The van der Waals surface area contributed by atoms with Crippen molar-refractivity contribution < 1.29 is 13.9 Å². The van der Waals surface area contributed by atoms with Crippen LogP contribution in [0.25, 0.3) is 0 Å². The van der Waals surface area contributed by atoms with E-state index in [1.54, 1.807) is 6.07 Å². The lowest BCUT2D eigenvalue weighted by Crippen LogP contribution is -2.60. The molecule has 1 saturated carbocycles. The summed E-state index contributed by atoms with van der Waals surface area (Å²) in [5.41, 5.74) is 1.50. The van der Waals surface area contributed by atoms with E-state index in [9.17, 15) is 9.18 Å². The number of rotatable bonds is 7. The summed E-state index contributed by atoms with van der Waals surface area (Å²) in [7, 11) is 0. The normalized spacial score (nSPS) is 26.2. The fourth-order valence-corrected chi connectivity index (χ4v) is 5.49. The number of amides is 1. The molecule has 2 saturated heterocycles. The Bertz CT molecular complexity index is 967. The molecule has 2 atom stereocenters. The van der Waals surface area contributed by atoms with Crippen LogP contribution in [0.5, 0.6) is 0 Å². The maximum Gasteiger partial charge on any atom is 0.230 e. The molecule has 33 heavy (non-hydrogen) atoms. The number of carbonyl (C=O) groups is 1. The van der Waals surface area contributed by atoms with Crippen molar-refractivity contribution in [3.63, 3.8) is 0 Å². The van der Waals surface area contributed by atoms with E-state index >= 15 is 0 Å². The van der Waals surface area contributed by atoms with Crippen LogP contribution in [0.4, 0.5) is 4.39 Å². The van der Waals surface area contributed by atoms with Gasteiger partial charge in [-0.25, -0.2) is 4.39 Å². The van der Waals surface area contributed by atoms with Crippen LogP contribution in [-0.2, 0) is 22.7 Å². The molecule has 1 aliphatic carbocycles. The SMILES string of the molecule is O=C1N(CC2CC2)C[C@@H](OCc2ccc(Cl)cc2)C[C@@]12CCCN(Cc1ccc(F)cn1)C2. The second-order valence-electron chi connectivity index (χ2n) is 9.98. The van der Waals surface area contributed by atoms with Gasteiger partial charge in [0, 0.05) is 31.2 Å². The van der Waals surface area contributed by atoms with Crippen LogP contribution < -0.4 is 0 Å². The second kappa shape index (κ2) is 9.69. The Morgan fingerprint density at radius 1 is 1.18 bits per heavy atom. The summed E-state index contributed by atoms with van der Waals surface area (Å²) in [6.07, 6.45) is 6.31. The van der Waals surface area contributed by atoms with Gasteiger partial charge in [-0.15, -0.1) is 0 Å². The molecular weight excluding hydrogens is 441 g/mol. The molecule has 1 amide bonds. The molecule has 3 heterocycles. The van der Waals surface area contributed by atoms with Crippen molar-refractivity contribution in [3.05, 3.63) is 64.7 Å². The van der Waals surface area contributed by atoms with Crippen LogP contribution in [0.15, 0.2) is 42.6 Å². The van der Waals surface area contributed by atoms with Crippen LogP contribution in [0.3, 0.4) is 0 Å². The maximum atomic E-state index is 13.7. The van der Waals surface area contributed by atoms with Gasteiger partial charge in [0.2, 0.25) is 5.91 Å². The van der Waals surface area contributed by atoms with Gasteiger partial charge in [-0.05, 0) is 74.4 Å². The molecule has 0 radical (unpaired) electrons. The van der Waals surface area contributed by atoms with Crippen LogP contribution in [0, 0.1) is 17.2 Å². The molecule has 176 valence electrons. The monoisotopic (exact) mass is 471 g/mol. The van der Waals surface area contributed by atoms with E-state index in [4.69, 9.17) is 16.3 Å². The van der Waals surface area contributed by atoms with Crippen molar-refractivity contribution >= 4 is 17.5 Å². The summed E-state index contributed by atoms with van der Waals surface area (Å²) in [6.45, 7) is 4.30. The van der Waals surface area contributed by atoms with E-state index in [1.165, 1.54) is 25.1 Å². The highest BCUT2D eigenvalue weighted by atomic mass is 35.5. The molecule has 2 aromatic rings. The molecule has 0 bridgehead atoms. The average Bonchev–Trinajstić information content (AvgIpc) is 3.63. The lowest BCUT2D eigenvalue weighted by molar-refractivity contribution is -0.161. The van der Waals surface area contributed by atoms with Crippen molar-refractivity contribution in [1.82, 2.24) is 14.8 Å². The van der Waals surface area contributed by atoms with Gasteiger partial charge in [-0.2, -0.15) is 0 Å². The number of halogens is 2. The first-order valence-electron chi connectivity index (χ1n) is 12.0. The number of pyridine rings is 1. The van der Waals surface area contributed by atoms with E-state index in [-0.39, 0.29) is 17.8 Å². The largest absolute Gasteiger partial charge is 0.372 e. The molecule has 3 aliphatic rings. The summed E-state index contributed by atoms with van der Waals surface area (Å²) in [5, 5.41) is 0.717. The predicted octanol–water partition coefficient (Wildman–Crippen LogP) is 4.68. The average molecular weight is 472 g/mol. The predicted molar refractivity (Wildman–Crippen MR) is 125 cm³/mol. The van der Waals surface area contributed by atoms with Crippen molar-refractivity contribution in [2.75, 3.05) is 26.2 Å². The van der Waals surface area contributed by atoms with Crippen molar-refractivity contribution in [3.8, 4) is 0 Å². The van der Waals surface area contributed by atoms with Gasteiger partial charge >= 0.3 is 0 Å². The number of aromatic nitrogens is 1. The first-order chi connectivity index (χ1) is 16.0. The third-order valence-corrected chi connectivity index (χ3v) is 7.44. The summed E-state index contributed by atoms with van der Waals surface area (Å²) < 4.78 is 19.6. The van der Waals surface area contributed by atoms with Gasteiger partial charge in [0.25, 0.3) is 0 Å². The third kappa shape index (κ3) is 5.56. The molecule has 0 unspecified atom stereocenters. The van der Waals surface area contributed by atoms with Crippen molar-refractivity contribution in [2.24, 2.45) is 11.3 Å². The molecule has 5 nitrogen and oxygen atoms in total. The van der Waals surface area contributed by atoms with Gasteiger partial charge in [0.1, 0.15) is 5.82 Å². The zero-order chi connectivity index (χ0) is 22.8. The van der Waals surface area contributed by atoms with E-state index in [0.717, 1.165) is 48.6 Å². The zero-order valence-corrected chi connectivity index (χ0v) is 19.6. The number of nitrogens with zero attached hydrogens (tertiary/aromatic N) is 3. The Kier molecular flexibility index (Phi) is 6.68. The lowest BCUT2D eigenvalue weighted by Gasteiger charge is -2.49. The zero-order valence-electron chi connectivity index (χ0n) is 18.9. The van der Waals surface area contributed by atoms with Gasteiger partial charge in [0.15, 0.2) is 0 Å². The van der Waals surface area contributed by atoms with E-state index in [1.807, 2.05) is 24.3 Å². The molecule has 5 rings (SSSR count). The Hall–Kier alpha value is -2.02. The van der Waals surface area contributed by atoms with Gasteiger partial charge < -0.3 is 9.64 Å². The molecule has 2 aliphatic heterocycles. The fraction of sp³-hybridized carbons (Fsp3) is 0.538. The third-order valence-electron chi connectivity index (χ3n) is 7.19. The van der Waals surface area contributed by atoms with Gasteiger partial charge in [-0.3, -0.25) is 14.7 Å². The Morgan fingerprint density at radius 3 is 2.73 bits per heavy atom. The lowest BCUT2D eigenvalue weighted by atomic mass is 9.72. The quantitative estimate of drug-likeness (QED) is 0.588. The molecule has 0 N–H and O–H groups in total. The number of carbonyl (C=O) groups excluding carboxylic acids is 1. The molecule has 1 spiro atoms. The van der Waals surface area contributed by atoms with Gasteiger partial charge in [0.05, 0.1) is 30.0 Å². The van der Waals surface area contributed by atoms with Crippen LogP contribution in [0.2, 0.25) is 5.02 Å². The van der Waals surface area contributed by atoms with Crippen LogP contribution in [-0.4, -0.2) is 53.0 Å². The number of likely N-dealkylation sites (tertiary alicyclic amines) is 2. The smallest absolute Gasteiger partial charge is 0.230 e. The molecule has 1 aromatic heterocycles.